The molecule has 2 aromatic rings. The predicted octanol–water partition coefficient (Wildman–Crippen LogP) is 1.26. The van der Waals surface area contributed by atoms with Crippen molar-refractivity contribution in [2.75, 3.05) is 6.54 Å². The van der Waals surface area contributed by atoms with E-state index >= 15 is 0 Å². The fourth-order valence-electron chi connectivity index (χ4n) is 1.60. The van der Waals surface area contributed by atoms with Gasteiger partial charge in [-0.15, -0.1) is 0 Å². The summed E-state index contributed by atoms with van der Waals surface area (Å²) in [7, 11) is -3.63. The van der Waals surface area contributed by atoms with Crippen molar-refractivity contribution in [2.45, 2.75) is 25.1 Å². The first-order valence-corrected chi connectivity index (χ1v) is 7.78. The van der Waals surface area contributed by atoms with Gasteiger partial charge < -0.3 is 9.73 Å². The van der Waals surface area contributed by atoms with Gasteiger partial charge in [0, 0.05) is 18.9 Å². The van der Waals surface area contributed by atoms with Gasteiger partial charge in [0.2, 0.25) is 5.09 Å². The van der Waals surface area contributed by atoms with Gasteiger partial charge in [-0.25, -0.2) is 13.1 Å². The molecule has 0 aliphatic rings. The molecular formula is C13H17N3O3S. The summed E-state index contributed by atoms with van der Waals surface area (Å²) in [5, 5.41) is 3.00. The smallest absolute Gasteiger partial charge is 0.274 e. The third kappa shape index (κ3) is 3.89. The van der Waals surface area contributed by atoms with Crippen LogP contribution < -0.4 is 10.0 Å². The lowest BCUT2D eigenvalue weighted by Crippen LogP contribution is -2.22. The molecule has 7 heteroatoms. The van der Waals surface area contributed by atoms with Crippen LogP contribution in [0.5, 0.6) is 0 Å². The summed E-state index contributed by atoms with van der Waals surface area (Å²) in [6.07, 6.45) is 3.23. The lowest BCUT2D eigenvalue weighted by atomic mass is 10.3. The van der Waals surface area contributed by atoms with Crippen LogP contribution in [0.15, 0.2) is 46.2 Å². The van der Waals surface area contributed by atoms with Gasteiger partial charge in [-0.3, -0.25) is 4.98 Å². The maximum atomic E-state index is 12.1. The van der Waals surface area contributed by atoms with Crippen molar-refractivity contribution in [1.29, 1.82) is 0 Å². The molecule has 108 valence electrons. The Kier molecular flexibility index (Phi) is 4.89. The Balaban J connectivity index is 2.01. The zero-order valence-electron chi connectivity index (χ0n) is 11.2. The van der Waals surface area contributed by atoms with Gasteiger partial charge in [0.15, 0.2) is 0 Å². The predicted molar refractivity (Wildman–Crippen MR) is 74.4 cm³/mol. The number of nitrogens with one attached hydrogen (secondary N) is 2. The number of pyridine rings is 1. The topological polar surface area (TPSA) is 84.2 Å². The van der Waals surface area contributed by atoms with E-state index < -0.39 is 10.0 Å². The fourth-order valence-corrected chi connectivity index (χ4v) is 2.56. The lowest BCUT2D eigenvalue weighted by Gasteiger charge is -2.04. The van der Waals surface area contributed by atoms with E-state index in [1.165, 1.54) is 6.07 Å². The highest BCUT2D eigenvalue weighted by Gasteiger charge is 2.18. The van der Waals surface area contributed by atoms with Crippen LogP contribution in [-0.4, -0.2) is 19.9 Å². The van der Waals surface area contributed by atoms with Gasteiger partial charge in [0.25, 0.3) is 10.0 Å². The Hall–Kier alpha value is -1.70. The van der Waals surface area contributed by atoms with Crippen molar-refractivity contribution in [3.8, 4) is 0 Å². The Morgan fingerprint density at radius 3 is 2.60 bits per heavy atom. The lowest BCUT2D eigenvalue weighted by molar-refractivity contribution is 0.401. The number of aromatic nitrogens is 1. The number of nitrogens with zero attached hydrogens (tertiary/aromatic N) is 1. The molecule has 0 spiro atoms. The Bertz CT molecular complexity index is 638. The molecule has 0 saturated carbocycles. The van der Waals surface area contributed by atoms with Crippen molar-refractivity contribution in [2.24, 2.45) is 0 Å². The molecule has 0 amide bonds. The van der Waals surface area contributed by atoms with Crippen LogP contribution in [-0.2, 0) is 23.1 Å². The second kappa shape index (κ2) is 6.65. The summed E-state index contributed by atoms with van der Waals surface area (Å²) in [4.78, 5) is 3.88. The molecule has 0 saturated heterocycles. The first kappa shape index (κ1) is 14.7. The minimum absolute atomic E-state index is 0.0699. The number of hydrogen-bond donors (Lipinski definition) is 2. The van der Waals surface area contributed by atoms with Crippen LogP contribution in [0.3, 0.4) is 0 Å². The van der Waals surface area contributed by atoms with Crippen molar-refractivity contribution in [3.05, 3.63) is 48.0 Å². The Morgan fingerprint density at radius 1 is 1.15 bits per heavy atom. The normalized spacial score (nSPS) is 11.7. The first-order chi connectivity index (χ1) is 9.62. The average molecular weight is 295 g/mol. The highest BCUT2D eigenvalue weighted by molar-refractivity contribution is 7.89. The van der Waals surface area contributed by atoms with Crippen molar-refractivity contribution in [3.63, 3.8) is 0 Å². The standard InChI is InChI=1S/C13H17N3O3S/c1-2-14-10-12-3-4-13(19-12)20(17,18)16-9-11-5-7-15-8-6-11/h3-8,14,16H,2,9-10H2,1H3. The monoisotopic (exact) mass is 295 g/mol. The van der Waals surface area contributed by atoms with E-state index in [2.05, 4.69) is 15.0 Å². The molecule has 2 rings (SSSR count). The molecule has 0 aromatic carbocycles. The van der Waals surface area contributed by atoms with Crippen molar-refractivity contribution in [1.82, 2.24) is 15.0 Å². The number of sulfonamides is 1. The number of rotatable bonds is 7. The molecule has 20 heavy (non-hydrogen) atoms. The van der Waals surface area contributed by atoms with Crippen LogP contribution in [0.2, 0.25) is 0 Å². The maximum absolute atomic E-state index is 12.1. The Morgan fingerprint density at radius 2 is 1.90 bits per heavy atom. The molecule has 0 atom stereocenters. The first-order valence-electron chi connectivity index (χ1n) is 6.30. The summed E-state index contributed by atoms with van der Waals surface area (Å²) >= 11 is 0. The van der Waals surface area contributed by atoms with Crippen LogP contribution in [0.4, 0.5) is 0 Å². The summed E-state index contributed by atoms with van der Waals surface area (Å²) < 4.78 is 31.9. The summed E-state index contributed by atoms with van der Waals surface area (Å²) in [5.74, 6) is 0.594. The van der Waals surface area contributed by atoms with E-state index in [0.717, 1.165) is 12.1 Å². The molecule has 0 bridgehead atoms. The average Bonchev–Trinajstić information content (AvgIpc) is 2.94. The zero-order valence-corrected chi connectivity index (χ0v) is 12.0. The van der Waals surface area contributed by atoms with Crippen molar-refractivity contribution >= 4 is 10.0 Å². The highest BCUT2D eigenvalue weighted by atomic mass is 32.2. The molecule has 0 aliphatic heterocycles. The third-order valence-electron chi connectivity index (χ3n) is 2.67. The minimum atomic E-state index is -3.63. The zero-order chi connectivity index (χ0) is 14.4. The summed E-state index contributed by atoms with van der Waals surface area (Å²) in [6, 6.07) is 6.62. The molecular weight excluding hydrogens is 278 g/mol. The maximum Gasteiger partial charge on any atom is 0.274 e. The van der Waals surface area contributed by atoms with Crippen LogP contribution in [0.1, 0.15) is 18.2 Å². The van der Waals surface area contributed by atoms with Gasteiger partial charge >= 0.3 is 0 Å². The van der Waals surface area contributed by atoms with E-state index in [-0.39, 0.29) is 11.6 Å². The van der Waals surface area contributed by atoms with Gasteiger partial charge in [0.1, 0.15) is 5.76 Å². The van der Waals surface area contributed by atoms with Crippen LogP contribution in [0.25, 0.3) is 0 Å². The van der Waals surface area contributed by atoms with E-state index in [1.807, 2.05) is 6.92 Å². The minimum Gasteiger partial charge on any atom is -0.447 e. The largest absolute Gasteiger partial charge is 0.447 e. The van der Waals surface area contributed by atoms with Gasteiger partial charge in [0.05, 0.1) is 6.54 Å². The van der Waals surface area contributed by atoms with E-state index in [4.69, 9.17) is 4.42 Å². The molecule has 0 unspecified atom stereocenters. The van der Waals surface area contributed by atoms with E-state index in [9.17, 15) is 8.42 Å². The molecule has 0 fully saturated rings. The van der Waals surface area contributed by atoms with Gasteiger partial charge in [-0.05, 0) is 36.4 Å². The third-order valence-corrected chi connectivity index (χ3v) is 3.94. The number of furan rings is 1. The molecule has 6 nitrogen and oxygen atoms in total. The molecule has 2 N–H and O–H groups in total. The Labute approximate surface area is 118 Å². The number of hydrogen-bond acceptors (Lipinski definition) is 5. The second-order valence-electron chi connectivity index (χ2n) is 4.18. The van der Waals surface area contributed by atoms with Crippen molar-refractivity contribution < 1.29 is 12.8 Å². The quantitative estimate of drug-likeness (QED) is 0.803. The SMILES string of the molecule is CCNCc1ccc(S(=O)(=O)NCc2ccncc2)o1. The molecule has 2 aromatic heterocycles. The van der Waals surface area contributed by atoms with E-state index in [1.54, 1.807) is 30.6 Å². The van der Waals surface area contributed by atoms with Gasteiger partial charge in [-0.1, -0.05) is 6.92 Å². The summed E-state index contributed by atoms with van der Waals surface area (Å²) in [5.41, 5.74) is 0.836. The highest BCUT2D eigenvalue weighted by Crippen LogP contribution is 2.14. The van der Waals surface area contributed by atoms with Crippen LogP contribution in [0, 0.1) is 0 Å². The van der Waals surface area contributed by atoms with Gasteiger partial charge in [-0.2, -0.15) is 0 Å². The fraction of sp³-hybridized carbons (Fsp3) is 0.308. The molecule has 2 heterocycles. The second-order valence-corrected chi connectivity index (χ2v) is 5.88. The van der Waals surface area contributed by atoms with Crippen LogP contribution >= 0.6 is 0 Å². The summed E-state index contributed by atoms with van der Waals surface area (Å²) in [6.45, 7) is 3.48. The molecule has 0 radical (unpaired) electrons. The van der Waals surface area contributed by atoms with E-state index in [0.29, 0.717) is 12.3 Å². The molecule has 0 aliphatic carbocycles.